The molecule has 0 fully saturated rings. The van der Waals surface area contributed by atoms with Gasteiger partial charge in [-0.1, -0.05) is 27.7 Å². The van der Waals surface area contributed by atoms with Crippen LogP contribution in [0.5, 0.6) is 0 Å². The minimum absolute atomic E-state index is 0.109. The summed E-state index contributed by atoms with van der Waals surface area (Å²) in [6.07, 6.45) is 1.24. The van der Waals surface area contributed by atoms with E-state index in [0.717, 1.165) is 5.69 Å². The molecule has 106 valence electrons. The summed E-state index contributed by atoms with van der Waals surface area (Å²) >= 11 is 0. The standard InChI is InChI=1S/C11H11NO3.2C2H6/c1-6-4-7-10(12(6)2)8(13)5-9(15-3)11(7)14;2*1-2/h4-5H,1-3H3;2*1-2H3. The maximum absolute atomic E-state index is 11.8. The molecule has 0 bridgehead atoms. The topological polar surface area (TPSA) is 48.3 Å². The van der Waals surface area contributed by atoms with E-state index in [1.807, 2.05) is 34.6 Å². The maximum atomic E-state index is 11.8. The molecule has 0 saturated carbocycles. The highest BCUT2D eigenvalue weighted by molar-refractivity contribution is 6.23. The molecular formula is C15H23NO3. The summed E-state index contributed by atoms with van der Waals surface area (Å²) in [5.74, 6) is -0.300. The van der Waals surface area contributed by atoms with Gasteiger partial charge in [0, 0.05) is 18.8 Å². The lowest BCUT2D eigenvalue weighted by molar-refractivity contribution is 0.0914. The van der Waals surface area contributed by atoms with Crippen LogP contribution in [0, 0.1) is 6.92 Å². The van der Waals surface area contributed by atoms with Crippen LogP contribution in [0.4, 0.5) is 0 Å². The fourth-order valence-corrected chi connectivity index (χ4v) is 1.74. The normalized spacial score (nSPS) is 12.5. The van der Waals surface area contributed by atoms with Crippen molar-refractivity contribution in [2.75, 3.05) is 7.11 Å². The number of carbonyl (C=O) groups is 2. The van der Waals surface area contributed by atoms with Crippen molar-refractivity contribution in [3.05, 3.63) is 34.9 Å². The van der Waals surface area contributed by atoms with Crippen LogP contribution in [0.2, 0.25) is 0 Å². The molecular weight excluding hydrogens is 242 g/mol. The molecule has 1 aromatic heterocycles. The predicted octanol–water partition coefficient (Wildman–Crippen LogP) is 3.30. The largest absolute Gasteiger partial charge is 0.492 e. The first-order valence-corrected chi connectivity index (χ1v) is 6.57. The number of hydrogen-bond donors (Lipinski definition) is 0. The molecule has 0 saturated heterocycles. The third-order valence-electron chi connectivity index (χ3n) is 2.66. The Hall–Kier alpha value is -1.84. The van der Waals surface area contributed by atoms with Gasteiger partial charge in [-0.15, -0.1) is 0 Å². The number of ketones is 2. The number of Topliss-reactive ketones (excluding diaryl/α,β-unsaturated/α-hetero) is 1. The Morgan fingerprint density at radius 3 is 2.11 bits per heavy atom. The summed E-state index contributed by atoms with van der Waals surface area (Å²) < 4.78 is 6.58. The van der Waals surface area contributed by atoms with Crippen LogP contribution in [0.1, 0.15) is 54.2 Å². The third kappa shape index (κ3) is 3.13. The van der Waals surface area contributed by atoms with Gasteiger partial charge >= 0.3 is 0 Å². The lowest BCUT2D eigenvalue weighted by Gasteiger charge is -2.11. The predicted molar refractivity (Wildman–Crippen MR) is 76.6 cm³/mol. The van der Waals surface area contributed by atoms with Gasteiger partial charge in [0.25, 0.3) is 0 Å². The molecule has 0 atom stereocenters. The van der Waals surface area contributed by atoms with Crippen molar-refractivity contribution in [2.45, 2.75) is 34.6 Å². The smallest absolute Gasteiger partial charge is 0.229 e. The van der Waals surface area contributed by atoms with Gasteiger partial charge in [-0.3, -0.25) is 9.59 Å². The van der Waals surface area contributed by atoms with E-state index < -0.39 is 0 Å². The van der Waals surface area contributed by atoms with E-state index in [1.54, 1.807) is 17.7 Å². The summed E-state index contributed by atoms with van der Waals surface area (Å²) in [4.78, 5) is 23.5. The second-order valence-electron chi connectivity index (χ2n) is 3.51. The summed E-state index contributed by atoms with van der Waals surface area (Å²) in [5.41, 5.74) is 1.75. The second-order valence-corrected chi connectivity index (χ2v) is 3.51. The number of nitrogens with zero attached hydrogens (tertiary/aromatic N) is 1. The zero-order chi connectivity index (χ0) is 15.2. The van der Waals surface area contributed by atoms with E-state index in [2.05, 4.69) is 0 Å². The number of aromatic nitrogens is 1. The quantitative estimate of drug-likeness (QED) is 0.782. The van der Waals surface area contributed by atoms with E-state index in [-0.39, 0.29) is 17.3 Å². The van der Waals surface area contributed by atoms with E-state index in [0.29, 0.717) is 11.3 Å². The lowest BCUT2D eigenvalue weighted by Crippen LogP contribution is -2.19. The monoisotopic (exact) mass is 265 g/mol. The molecule has 0 spiro atoms. The minimum Gasteiger partial charge on any atom is -0.492 e. The lowest BCUT2D eigenvalue weighted by atomic mass is 10.0. The highest BCUT2D eigenvalue weighted by atomic mass is 16.5. The Morgan fingerprint density at radius 1 is 1.11 bits per heavy atom. The van der Waals surface area contributed by atoms with Crippen molar-refractivity contribution in [1.82, 2.24) is 4.57 Å². The van der Waals surface area contributed by atoms with Crippen LogP contribution in [-0.4, -0.2) is 23.2 Å². The molecule has 0 aromatic carbocycles. The molecule has 1 heterocycles. The van der Waals surface area contributed by atoms with Crippen LogP contribution in [0.25, 0.3) is 0 Å². The molecule has 0 aliphatic heterocycles. The molecule has 0 amide bonds. The van der Waals surface area contributed by atoms with Crippen molar-refractivity contribution in [1.29, 1.82) is 0 Å². The number of aryl methyl sites for hydroxylation is 1. The summed E-state index contributed by atoms with van der Waals surface area (Å²) in [6, 6.07) is 1.71. The molecule has 0 radical (unpaired) electrons. The first-order valence-electron chi connectivity index (χ1n) is 6.57. The highest BCUT2D eigenvalue weighted by Gasteiger charge is 2.29. The number of ether oxygens (including phenoxy) is 1. The van der Waals surface area contributed by atoms with Gasteiger partial charge in [0.05, 0.1) is 12.7 Å². The average molecular weight is 265 g/mol. The Balaban J connectivity index is 0.000000741. The molecule has 2 rings (SSSR count). The number of rotatable bonds is 1. The minimum atomic E-state index is -0.226. The zero-order valence-corrected chi connectivity index (χ0v) is 12.8. The van der Waals surface area contributed by atoms with Crippen LogP contribution < -0.4 is 0 Å². The highest BCUT2D eigenvalue weighted by Crippen LogP contribution is 2.24. The van der Waals surface area contributed by atoms with Gasteiger partial charge in [-0.2, -0.15) is 0 Å². The summed E-state index contributed by atoms with van der Waals surface area (Å²) in [5, 5.41) is 0. The van der Waals surface area contributed by atoms with Gasteiger partial charge in [0.15, 0.2) is 5.76 Å². The number of hydrogen-bond acceptors (Lipinski definition) is 3. The fourth-order valence-electron chi connectivity index (χ4n) is 1.74. The van der Waals surface area contributed by atoms with E-state index in [1.165, 1.54) is 13.2 Å². The van der Waals surface area contributed by atoms with Crippen LogP contribution >= 0.6 is 0 Å². The van der Waals surface area contributed by atoms with Crippen molar-refractivity contribution < 1.29 is 14.3 Å². The first kappa shape index (κ1) is 17.2. The SMILES string of the molecule is CC.CC.COC1=CC(=O)c2c(cc(C)n2C)C1=O. The van der Waals surface area contributed by atoms with Gasteiger partial charge in [-0.05, 0) is 13.0 Å². The van der Waals surface area contributed by atoms with E-state index in [4.69, 9.17) is 4.74 Å². The van der Waals surface area contributed by atoms with Crippen molar-refractivity contribution >= 4 is 11.6 Å². The van der Waals surface area contributed by atoms with Crippen molar-refractivity contribution in [3.8, 4) is 0 Å². The molecule has 4 heteroatoms. The average Bonchev–Trinajstić information content (AvgIpc) is 2.75. The molecule has 0 N–H and O–H groups in total. The van der Waals surface area contributed by atoms with Gasteiger partial charge in [0.2, 0.25) is 11.6 Å². The zero-order valence-electron chi connectivity index (χ0n) is 12.8. The first-order chi connectivity index (χ1) is 9.06. The Morgan fingerprint density at radius 2 is 1.63 bits per heavy atom. The Kier molecular flexibility index (Phi) is 6.83. The summed E-state index contributed by atoms with van der Waals surface area (Å²) in [7, 11) is 3.16. The second kappa shape index (κ2) is 7.56. The number of methoxy groups -OCH3 is 1. The van der Waals surface area contributed by atoms with Gasteiger partial charge in [-0.25, -0.2) is 0 Å². The van der Waals surface area contributed by atoms with Gasteiger partial charge < -0.3 is 9.30 Å². The summed E-state index contributed by atoms with van der Waals surface area (Å²) in [6.45, 7) is 9.85. The molecule has 1 aliphatic rings. The molecule has 19 heavy (non-hydrogen) atoms. The fraction of sp³-hybridized carbons (Fsp3) is 0.467. The molecule has 4 nitrogen and oxygen atoms in total. The maximum Gasteiger partial charge on any atom is 0.229 e. The third-order valence-corrected chi connectivity index (χ3v) is 2.66. The van der Waals surface area contributed by atoms with E-state index in [9.17, 15) is 9.59 Å². The van der Waals surface area contributed by atoms with Crippen LogP contribution in [0.3, 0.4) is 0 Å². The number of carbonyl (C=O) groups excluding carboxylic acids is 2. The van der Waals surface area contributed by atoms with E-state index >= 15 is 0 Å². The van der Waals surface area contributed by atoms with Crippen molar-refractivity contribution in [3.63, 3.8) is 0 Å². The van der Waals surface area contributed by atoms with Gasteiger partial charge in [0.1, 0.15) is 5.69 Å². The molecule has 0 unspecified atom stereocenters. The Bertz CT molecular complexity index is 496. The number of fused-ring (bicyclic) bond motifs is 1. The van der Waals surface area contributed by atoms with Crippen molar-refractivity contribution in [2.24, 2.45) is 7.05 Å². The molecule has 1 aliphatic carbocycles. The molecule has 1 aromatic rings. The number of allylic oxidation sites excluding steroid dienone is 2. The van der Waals surface area contributed by atoms with Crippen LogP contribution in [0.15, 0.2) is 17.9 Å². The Labute approximate surface area is 115 Å². The van der Waals surface area contributed by atoms with Crippen LogP contribution in [-0.2, 0) is 11.8 Å².